The zero-order chi connectivity index (χ0) is 13.0. The molecule has 0 atom stereocenters. The number of fused-ring (bicyclic) bond motifs is 1. The fraction of sp³-hybridized carbons (Fsp3) is 0.500. The van der Waals surface area contributed by atoms with E-state index in [0.717, 1.165) is 41.4 Å². The highest BCUT2D eigenvalue weighted by atomic mass is 32.2. The average molecular weight is 262 g/mol. The number of thioether (sulfide) groups is 1. The first-order valence-corrected chi connectivity index (χ1v) is 7.22. The Morgan fingerprint density at radius 1 is 1.50 bits per heavy atom. The molecule has 0 fully saturated rings. The molecule has 2 aromatic rings. The van der Waals surface area contributed by atoms with Crippen molar-refractivity contribution in [2.24, 2.45) is 0 Å². The summed E-state index contributed by atoms with van der Waals surface area (Å²) in [6, 6.07) is 0. The Kier molecular flexibility index (Phi) is 4.66. The van der Waals surface area contributed by atoms with Gasteiger partial charge in [-0.2, -0.15) is 0 Å². The number of hydrogen-bond acceptors (Lipinski definition) is 4. The van der Waals surface area contributed by atoms with Crippen molar-refractivity contribution in [3.63, 3.8) is 0 Å². The van der Waals surface area contributed by atoms with E-state index in [1.54, 1.807) is 18.9 Å². The molecule has 2 rings (SSSR count). The van der Waals surface area contributed by atoms with Gasteiger partial charge in [0.05, 0.1) is 5.69 Å². The lowest BCUT2D eigenvalue weighted by molar-refractivity contribution is 0.195. The third-order valence-electron chi connectivity index (χ3n) is 2.81. The number of methoxy groups -OCH3 is 1. The molecule has 0 saturated heterocycles. The summed E-state index contributed by atoms with van der Waals surface area (Å²) in [5.74, 6) is 0. The van der Waals surface area contributed by atoms with Crippen molar-refractivity contribution >= 4 is 30.3 Å². The zero-order valence-electron chi connectivity index (χ0n) is 11.0. The Balaban J connectivity index is 2.36. The Bertz CT molecular complexity index is 529. The second-order valence-electron chi connectivity index (χ2n) is 4.00. The van der Waals surface area contributed by atoms with Gasteiger partial charge in [-0.05, 0) is 24.7 Å². The molecule has 0 spiro atoms. The summed E-state index contributed by atoms with van der Waals surface area (Å²) in [5, 5.41) is 0.984. The summed E-state index contributed by atoms with van der Waals surface area (Å²) in [5.41, 5.74) is 3.13. The van der Waals surface area contributed by atoms with Crippen molar-refractivity contribution in [2.75, 3.05) is 20.0 Å². The predicted octanol–water partition coefficient (Wildman–Crippen LogP) is 1.41. The summed E-state index contributed by atoms with van der Waals surface area (Å²) in [4.78, 5) is 9.07. The second kappa shape index (κ2) is 6.25. The molecule has 0 amide bonds. The van der Waals surface area contributed by atoms with Crippen LogP contribution in [-0.4, -0.2) is 41.6 Å². The highest BCUT2D eigenvalue weighted by molar-refractivity contribution is 7.98. The van der Waals surface area contributed by atoms with E-state index in [2.05, 4.69) is 27.8 Å². The van der Waals surface area contributed by atoms with Crippen molar-refractivity contribution in [3.8, 4) is 0 Å². The standard InChI is InChI=1S/C12H17BN3OS/c1-13-10-7-14-11-12(18-3)15-9(8-16(10)11)5-4-6-17-2/h7-8H,4-6H2,1-3H3. The maximum Gasteiger partial charge on any atom is 0.174 e. The molecule has 2 heterocycles. The summed E-state index contributed by atoms with van der Waals surface area (Å²) >= 11 is 1.64. The minimum Gasteiger partial charge on any atom is -0.385 e. The molecule has 0 saturated carbocycles. The molecule has 0 aliphatic rings. The molecule has 95 valence electrons. The summed E-state index contributed by atoms with van der Waals surface area (Å²) in [7, 11) is 3.78. The number of nitrogens with zero attached hydrogens (tertiary/aromatic N) is 3. The van der Waals surface area contributed by atoms with Crippen LogP contribution in [0, 0.1) is 0 Å². The van der Waals surface area contributed by atoms with E-state index >= 15 is 0 Å². The lowest BCUT2D eigenvalue weighted by atomic mass is 9.78. The van der Waals surface area contributed by atoms with Crippen LogP contribution < -0.4 is 5.59 Å². The van der Waals surface area contributed by atoms with Crippen LogP contribution >= 0.6 is 11.8 Å². The van der Waals surface area contributed by atoms with Crippen LogP contribution in [0.1, 0.15) is 12.1 Å². The van der Waals surface area contributed by atoms with Gasteiger partial charge in [0.15, 0.2) is 12.9 Å². The van der Waals surface area contributed by atoms with E-state index in [9.17, 15) is 0 Å². The molecule has 0 N–H and O–H groups in total. The maximum atomic E-state index is 5.08. The van der Waals surface area contributed by atoms with Gasteiger partial charge in [0.2, 0.25) is 0 Å². The number of aromatic nitrogens is 3. The highest BCUT2D eigenvalue weighted by Gasteiger charge is 2.09. The Labute approximate surface area is 112 Å². The molecule has 0 aromatic carbocycles. The zero-order valence-corrected chi connectivity index (χ0v) is 11.8. The fourth-order valence-electron chi connectivity index (χ4n) is 1.89. The normalized spacial score (nSPS) is 11.1. The van der Waals surface area contributed by atoms with E-state index in [4.69, 9.17) is 4.74 Å². The summed E-state index contributed by atoms with van der Waals surface area (Å²) < 4.78 is 7.19. The van der Waals surface area contributed by atoms with E-state index in [0.29, 0.717) is 0 Å². The number of aryl methyl sites for hydroxylation is 1. The molecule has 0 aliphatic heterocycles. The minimum atomic E-state index is 0.769. The Morgan fingerprint density at radius 2 is 2.33 bits per heavy atom. The number of imidazole rings is 1. The van der Waals surface area contributed by atoms with Crippen LogP contribution in [0.5, 0.6) is 0 Å². The van der Waals surface area contributed by atoms with Crippen LogP contribution in [0.3, 0.4) is 0 Å². The Morgan fingerprint density at radius 3 is 3.00 bits per heavy atom. The van der Waals surface area contributed by atoms with Gasteiger partial charge in [-0.15, -0.1) is 11.8 Å². The predicted molar refractivity (Wildman–Crippen MR) is 76.2 cm³/mol. The van der Waals surface area contributed by atoms with Crippen LogP contribution in [-0.2, 0) is 11.2 Å². The first-order chi connectivity index (χ1) is 8.80. The van der Waals surface area contributed by atoms with Gasteiger partial charge in [-0.25, -0.2) is 9.97 Å². The van der Waals surface area contributed by atoms with E-state index < -0.39 is 0 Å². The molecule has 1 radical (unpaired) electrons. The van der Waals surface area contributed by atoms with Gasteiger partial charge < -0.3 is 9.14 Å². The van der Waals surface area contributed by atoms with Crippen molar-refractivity contribution in [2.45, 2.75) is 24.7 Å². The van der Waals surface area contributed by atoms with Crippen molar-refractivity contribution in [1.29, 1.82) is 0 Å². The van der Waals surface area contributed by atoms with Crippen molar-refractivity contribution in [1.82, 2.24) is 14.4 Å². The average Bonchev–Trinajstić information content (AvgIpc) is 2.81. The largest absolute Gasteiger partial charge is 0.385 e. The van der Waals surface area contributed by atoms with Gasteiger partial charge in [0.1, 0.15) is 5.03 Å². The van der Waals surface area contributed by atoms with Crippen LogP contribution in [0.2, 0.25) is 6.82 Å². The lowest BCUT2D eigenvalue weighted by Gasteiger charge is -2.07. The number of rotatable bonds is 6. The SMILES string of the molecule is C[B]c1cnc2c(SC)nc(CCCOC)cn12. The van der Waals surface area contributed by atoms with E-state index in [-0.39, 0.29) is 0 Å². The number of hydrogen-bond donors (Lipinski definition) is 0. The first kappa shape index (κ1) is 13.4. The molecule has 0 bridgehead atoms. The second-order valence-corrected chi connectivity index (χ2v) is 4.80. The maximum absolute atomic E-state index is 5.08. The summed E-state index contributed by atoms with van der Waals surface area (Å²) in [6.07, 6.45) is 7.91. The number of ether oxygens (including phenoxy) is 1. The molecular formula is C12H17BN3OS. The lowest BCUT2D eigenvalue weighted by Crippen LogP contribution is -2.17. The topological polar surface area (TPSA) is 39.4 Å². The molecule has 0 unspecified atom stereocenters. The van der Waals surface area contributed by atoms with E-state index in [1.807, 2.05) is 19.3 Å². The van der Waals surface area contributed by atoms with Gasteiger partial charge in [-0.1, -0.05) is 6.82 Å². The van der Waals surface area contributed by atoms with Crippen LogP contribution in [0.15, 0.2) is 17.4 Å². The van der Waals surface area contributed by atoms with Crippen molar-refractivity contribution in [3.05, 3.63) is 18.1 Å². The van der Waals surface area contributed by atoms with E-state index in [1.165, 1.54) is 0 Å². The molecule has 2 aromatic heterocycles. The van der Waals surface area contributed by atoms with Crippen LogP contribution in [0.25, 0.3) is 5.65 Å². The van der Waals surface area contributed by atoms with Gasteiger partial charge in [0, 0.05) is 26.1 Å². The summed E-state index contributed by atoms with van der Waals surface area (Å²) in [6.45, 7) is 2.79. The quantitative estimate of drug-likeness (QED) is 0.448. The fourth-order valence-corrected chi connectivity index (χ4v) is 2.44. The smallest absolute Gasteiger partial charge is 0.174 e. The van der Waals surface area contributed by atoms with Gasteiger partial charge in [0.25, 0.3) is 0 Å². The monoisotopic (exact) mass is 262 g/mol. The molecule has 6 heteroatoms. The molecular weight excluding hydrogens is 245 g/mol. The van der Waals surface area contributed by atoms with Crippen LogP contribution in [0.4, 0.5) is 0 Å². The third kappa shape index (κ3) is 2.70. The van der Waals surface area contributed by atoms with Gasteiger partial charge >= 0.3 is 0 Å². The highest BCUT2D eigenvalue weighted by Crippen LogP contribution is 2.18. The first-order valence-electron chi connectivity index (χ1n) is 5.99. The van der Waals surface area contributed by atoms with Crippen molar-refractivity contribution < 1.29 is 4.74 Å². The van der Waals surface area contributed by atoms with Gasteiger partial charge in [-0.3, -0.25) is 0 Å². The Hall–Kier alpha value is -1.01. The molecule has 18 heavy (non-hydrogen) atoms. The molecule has 0 aliphatic carbocycles. The molecule has 4 nitrogen and oxygen atoms in total. The minimum absolute atomic E-state index is 0.769. The third-order valence-corrected chi connectivity index (χ3v) is 3.47.